The van der Waals surface area contributed by atoms with Crippen LogP contribution in [0.25, 0.3) is 0 Å². The van der Waals surface area contributed by atoms with Crippen molar-refractivity contribution in [1.82, 2.24) is 4.98 Å². The molecule has 1 heterocycles. The molecule has 1 rings (SSSR count). The summed E-state index contributed by atoms with van der Waals surface area (Å²) >= 11 is 17.3. The van der Waals surface area contributed by atoms with Crippen LogP contribution in [0, 0.1) is 0 Å². The van der Waals surface area contributed by atoms with Crippen LogP contribution in [0.2, 0.25) is 15.2 Å². The minimum atomic E-state index is 0.252. The molecule has 0 saturated heterocycles. The van der Waals surface area contributed by atoms with E-state index in [1.54, 1.807) is 6.07 Å². The quantitative estimate of drug-likeness (QED) is 0.793. The number of halogens is 3. The van der Waals surface area contributed by atoms with Crippen molar-refractivity contribution in [2.45, 2.75) is 19.9 Å². The van der Waals surface area contributed by atoms with Crippen molar-refractivity contribution in [2.24, 2.45) is 0 Å². The molecule has 0 bridgehead atoms. The van der Waals surface area contributed by atoms with Crippen molar-refractivity contribution in [3.8, 4) is 0 Å². The lowest BCUT2D eigenvalue weighted by atomic mass is 10.4. The summed E-state index contributed by atoms with van der Waals surface area (Å²) in [7, 11) is 0. The third-order valence-electron chi connectivity index (χ3n) is 1.31. The van der Waals surface area contributed by atoms with E-state index in [4.69, 9.17) is 34.8 Å². The first-order valence-corrected chi connectivity index (χ1v) is 4.92. The Labute approximate surface area is 92.2 Å². The maximum Gasteiger partial charge on any atom is 0.150 e. The summed E-state index contributed by atoms with van der Waals surface area (Å²) in [6, 6.07) is 1.82. The molecular formula is C8H9Cl3N2. The zero-order valence-corrected chi connectivity index (χ0v) is 9.50. The van der Waals surface area contributed by atoms with E-state index in [0.29, 0.717) is 15.9 Å². The Hall–Kier alpha value is -0.180. The summed E-state index contributed by atoms with van der Waals surface area (Å²) < 4.78 is 0. The molecule has 0 atom stereocenters. The van der Waals surface area contributed by atoms with E-state index in [1.807, 2.05) is 13.8 Å². The van der Waals surface area contributed by atoms with Gasteiger partial charge in [0.25, 0.3) is 0 Å². The van der Waals surface area contributed by atoms with Gasteiger partial charge in [0.2, 0.25) is 0 Å². The molecule has 0 fully saturated rings. The van der Waals surface area contributed by atoms with E-state index >= 15 is 0 Å². The molecule has 0 aliphatic rings. The fourth-order valence-electron chi connectivity index (χ4n) is 0.819. The molecule has 2 nitrogen and oxygen atoms in total. The number of rotatable bonds is 2. The Morgan fingerprint density at radius 3 is 2.38 bits per heavy atom. The molecule has 1 N–H and O–H groups in total. The van der Waals surface area contributed by atoms with E-state index in [0.717, 1.165) is 0 Å². The molecular weight excluding hydrogens is 230 g/mol. The Morgan fingerprint density at radius 2 is 1.85 bits per heavy atom. The van der Waals surface area contributed by atoms with Crippen LogP contribution in [0.3, 0.4) is 0 Å². The van der Waals surface area contributed by atoms with Crippen LogP contribution in [0.5, 0.6) is 0 Å². The van der Waals surface area contributed by atoms with Gasteiger partial charge in [-0.2, -0.15) is 0 Å². The third kappa shape index (κ3) is 2.90. The van der Waals surface area contributed by atoms with Crippen LogP contribution in [0.1, 0.15) is 13.8 Å². The largest absolute Gasteiger partial charge is 0.367 e. The molecule has 1 aromatic rings. The van der Waals surface area contributed by atoms with Gasteiger partial charge in [-0.3, -0.25) is 0 Å². The molecule has 72 valence electrons. The van der Waals surface area contributed by atoms with Crippen LogP contribution < -0.4 is 5.32 Å². The van der Waals surface area contributed by atoms with E-state index in [-0.39, 0.29) is 11.2 Å². The second-order valence-electron chi connectivity index (χ2n) is 2.89. The summed E-state index contributed by atoms with van der Waals surface area (Å²) in [4.78, 5) is 4.00. The van der Waals surface area contributed by atoms with Crippen molar-refractivity contribution in [3.05, 3.63) is 21.3 Å². The van der Waals surface area contributed by atoms with Crippen molar-refractivity contribution >= 4 is 40.6 Å². The van der Waals surface area contributed by atoms with E-state index in [2.05, 4.69) is 10.3 Å². The van der Waals surface area contributed by atoms with E-state index in [9.17, 15) is 0 Å². The summed E-state index contributed by atoms with van der Waals surface area (Å²) in [5, 5.41) is 4.15. The maximum absolute atomic E-state index is 5.88. The van der Waals surface area contributed by atoms with Crippen LogP contribution in [-0.2, 0) is 0 Å². The predicted molar refractivity (Wildman–Crippen MR) is 58.0 cm³/mol. The van der Waals surface area contributed by atoms with Gasteiger partial charge in [-0.1, -0.05) is 34.8 Å². The summed E-state index contributed by atoms with van der Waals surface area (Å²) in [6.45, 7) is 3.97. The Morgan fingerprint density at radius 1 is 1.23 bits per heavy atom. The third-order valence-corrected chi connectivity index (χ3v) is 2.27. The highest BCUT2D eigenvalue weighted by Crippen LogP contribution is 2.28. The van der Waals surface area contributed by atoms with Gasteiger partial charge < -0.3 is 5.32 Å². The van der Waals surface area contributed by atoms with E-state index in [1.165, 1.54) is 0 Å². The Kier molecular flexibility index (Phi) is 3.65. The van der Waals surface area contributed by atoms with Crippen molar-refractivity contribution < 1.29 is 0 Å². The molecule has 0 spiro atoms. The van der Waals surface area contributed by atoms with Gasteiger partial charge in [-0.05, 0) is 19.9 Å². The highest BCUT2D eigenvalue weighted by molar-refractivity contribution is 6.42. The van der Waals surface area contributed by atoms with Gasteiger partial charge in [0, 0.05) is 6.04 Å². The molecule has 13 heavy (non-hydrogen) atoms. The van der Waals surface area contributed by atoms with Crippen LogP contribution >= 0.6 is 34.8 Å². The van der Waals surface area contributed by atoms with Crippen LogP contribution in [0.15, 0.2) is 6.07 Å². The average molecular weight is 240 g/mol. The van der Waals surface area contributed by atoms with Crippen molar-refractivity contribution in [3.63, 3.8) is 0 Å². The number of pyridine rings is 1. The number of anilines is 1. The predicted octanol–water partition coefficient (Wildman–Crippen LogP) is 3.86. The molecule has 0 radical (unpaired) electrons. The Bertz CT molecular complexity index is 313. The molecule has 0 aromatic carbocycles. The topological polar surface area (TPSA) is 24.9 Å². The van der Waals surface area contributed by atoms with Crippen molar-refractivity contribution in [1.29, 1.82) is 0 Å². The zero-order chi connectivity index (χ0) is 10.0. The summed E-state index contributed by atoms with van der Waals surface area (Å²) in [5.41, 5.74) is 0. The number of nitrogens with zero attached hydrogens (tertiary/aromatic N) is 1. The lowest BCUT2D eigenvalue weighted by molar-refractivity contribution is 0.889. The molecule has 1 aromatic heterocycles. The summed E-state index contributed by atoms with van der Waals surface area (Å²) in [5.74, 6) is 0.561. The molecule has 0 unspecified atom stereocenters. The highest BCUT2D eigenvalue weighted by atomic mass is 35.5. The van der Waals surface area contributed by atoms with Gasteiger partial charge >= 0.3 is 0 Å². The van der Waals surface area contributed by atoms with Gasteiger partial charge in [-0.25, -0.2) is 4.98 Å². The lowest BCUT2D eigenvalue weighted by Crippen LogP contribution is -2.11. The number of nitrogens with one attached hydrogen (secondary N) is 1. The van der Waals surface area contributed by atoms with Gasteiger partial charge in [-0.15, -0.1) is 0 Å². The van der Waals surface area contributed by atoms with Crippen molar-refractivity contribution in [2.75, 3.05) is 5.32 Å². The molecule has 0 amide bonds. The smallest absolute Gasteiger partial charge is 0.150 e. The fourth-order valence-corrected chi connectivity index (χ4v) is 1.37. The van der Waals surface area contributed by atoms with Crippen LogP contribution in [0.4, 0.5) is 5.82 Å². The van der Waals surface area contributed by atoms with Gasteiger partial charge in [0.05, 0.1) is 10.0 Å². The molecule has 0 saturated carbocycles. The molecule has 5 heteroatoms. The lowest BCUT2D eigenvalue weighted by Gasteiger charge is -2.10. The minimum Gasteiger partial charge on any atom is -0.367 e. The van der Waals surface area contributed by atoms with Gasteiger partial charge in [0.1, 0.15) is 11.0 Å². The SMILES string of the molecule is CC(C)Nc1nc(Cl)c(Cl)cc1Cl. The second kappa shape index (κ2) is 4.36. The molecule has 0 aliphatic carbocycles. The first-order valence-electron chi connectivity index (χ1n) is 3.78. The van der Waals surface area contributed by atoms with Gasteiger partial charge in [0.15, 0.2) is 0 Å². The number of hydrogen-bond acceptors (Lipinski definition) is 2. The number of hydrogen-bond donors (Lipinski definition) is 1. The number of aromatic nitrogens is 1. The van der Waals surface area contributed by atoms with E-state index < -0.39 is 0 Å². The average Bonchev–Trinajstić information content (AvgIpc) is 1.99. The normalized spacial score (nSPS) is 10.6. The fraction of sp³-hybridized carbons (Fsp3) is 0.375. The highest BCUT2D eigenvalue weighted by Gasteiger charge is 2.07. The van der Waals surface area contributed by atoms with Crippen LogP contribution in [-0.4, -0.2) is 11.0 Å². The Balaban J connectivity index is 3.01. The monoisotopic (exact) mass is 238 g/mol. The minimum absolute atomic E-state index is 0.252. The standard InChI is InChI=1S/C8H9Cl3N2/c1-4(2)12-8-6(10)3-5(9)7(11)13-8/h3-4H,1-2H3,(H,12,13). The zero-order valence-electron chi connectivity index (χ0n) is 7.24. The maximum atomic E-state index is 5.88. The second-order valence-corrected chi connectivity index (χ2v) is 4.06. The first-order chi connectivity index (χ1) is 6.00. The first kappa shape index (κ1) is 10.9. The molecule has 0 aliphatic heterocycles. The summed E-state index contributed by atoms with van der Waals surface area (Å²) in [6.07, 6.45) is 0.